The van der Waals surface area contributed by atoms with Crippen LogP contribution in [0.5, 0.6) is 0 Å². The average molecular weight is 254 g/mol. The first-order chi connectivity index (χ1) is 8.08. The zero-order chi connectivity index (χ0) is 13.1. The summed E-state index contributed by atoms with van der Waals surface area (Å²) in [4.78, 5) is 11.4. The molecule has 0 amide bonds. The third-order valence-corrected chi connectivity index (χ3v) is 5.20. The fourth-order valence-corrected chi connectivity index (χ4v) is 3.73. The molecule has 0 heterocycles. The van der Waals surface area contributed by atoms with Gasteiger partial charge in [-0.25, -0.2) is 0 Å². The summed E-state index contributed by atoms with van der Waals surface area (Å²) in [6.45, 7) is 7.11. The normalized spacial score (nSPS) is 10.3. The lowest BCUT2D eigenvalue weighted by Gasteiger charge is -2.15. The lowest BCUT2D eigenvalue weighted by molar-refractivity contribution is -0.139. The third-order valence-electron chi connectivity index (χ3n) is 2.22. The van der Waals surface area contributed by atoms with Crippen LogP contribution in [0, 0.1) is 12.3 Å². The van der Waals surface area contributed by atoms with Gasteiger partial charge in [0.15, 0.2) is 6.61 Å². The van der Waals surface area contributed by atoms with E-state index in [1.165, 1.54) is 0 Å². The van der Waals surface area contributed by atoms with Crippen LogP contribution in [0.1, 0.15) is 12.8 Å². The Labute approximate surface area is 103 Å². The first kappa shape index (κ1) is 15.7. The molecule has 0 atom stereocenters. The van der Waals surface area contributed by atoms with Gasteiger partial charge in [0.1, 0.15) is 0 Å². The maximum Gasteiger partial charge on any atom is 0.314 e. The molecule has 0 saturated heterocycles. The van der Waals surface area contributed by atoms with E-state index in [2.05, 4.69) is 19.1 Å². The van der Waals surface area contributed by atoms with E-state index in [0.717, 1.165) is 0 Å². The lowest BCUT2D eigenvalue weighted by Crippen LogP contribution is -2.13. The van der Waals surface area contributed by atoms with Crippen LogP contribution < -0.4 is 0 Å². The minimum absolute atomic E-state index is 0.0453. The molecule has 0 spiro atoms. The monoisotopic (exact) mass is 254 g/mol. The van der Waals surface area contributed by atoms with Crippen LogP contribution in [-0.2, 0) is 14.1 Å². The van der Waals surface area contributed by atoms with E-state index in [1.54, 1.807) is 12.2 Å². The minimum Gasteiger partial charge on any atom is -0.452 e. The number of carbonyl (C=O) groups excluding carboxylic acids is 1. The largest absolute Gasteiger partial charge is 0.452 e. The summed E-state index contributed by atoms with van der Waals surface area (Å²) >= 11 is 0. The van der Waals surface area contributed by atoms with Gasteiger partial charge < -0.3 is 9.30 Å². The van der Waals surface area contributed by atoms with Gasteiger partial charge in [0.25, 0.3) is 0 Å². The summed E-state index contributed by atoms with van der Waals surface area (Å²) in [5.74, 6) is 1.72. The van der Waals surface area contributed by atoms with Gasteiger partial charge in [-0.3, -0.25) is 4.79 Å². The first-order valence-corrected chi connectivity index (χ1v) is 7.72. The highest BCUT2D eigenvalue weighted by Gasteiger charge is 2.24. The Morgan fingerprint density at radius 2 is 1.82 bits per heavy atom. The van der Waals surface area contributed by atoms with E-state index in [9.17, 15) is 9.36 Å². The van der Waals surface area contributed by atoms with Crippen LogP contribution in [0.15, 0.2) is 25.3 Å². The second-order valence-electron chi connectivity index (χ2n) is 3.68. The maximum atomic E-state index is 12.5. The Bertz CT molecular complexity index is 336. The SMILES string of the molecule is C#CCOC(=O)CP(=O)(CCC=C)CCC=C. The standard InChI is InChI=1S/C13H19O3P/c1-4-7-10-17(15,11-8-5-2)12-13(14)16-9-6-3/h3-5H,1-2,7-12H2. The number of ether oxygens (including phenoxy) is 1. The van der Waals surface area contributed by atoms with Crippen LogP contribution in [0.2, 0.25) is 0 Å². The summed E-state index contributed by atoms with van der Waals surface area (Å²) in [5.41, 5.74) is 0. The van der Waals surface area contributed by atoms with Gasteiger partial charge in [0, 0.05) is 12.3 Å². The van der Waals surface area contributed by atoms with Crippen molar-refractivity contribution in [1.82, 2.24) is 0 Å². The second kappa shape index (κ2) is 8.84. The highest BCUT2D eigenvalue weighted by Crippen LogP contribution is 2.46. The van der Waals surface area contributed by atoms with Crippen molar-refractivity contribution in [2.24, 2.45) is 0 Å². The summed E-state index contributed by atoms with van der Waals surface area (Å²) in [6.07, 6.45) is 10.6. The van der Waals surface area contributed by atoms with Crippen LogP contribution in [0.3, 0.4) is 0 Å². The number of rotatable bonds is 9. The average Bonchev–Trinajstić information content (AvgIpc) is 2.31. The molecule has 94 valence electrons. The van der Waals surface area contributed by atoms with Crippen molar-refractivity contribution in [2.45, 2.75) is 12.8 Å². The van der Waals surface area contributed by atoms with E-state index in [1.807, 2.05) is 0 Å². The fourth-order valence-electron chi connectivity index (χ4n) is 1.33. The minimum atomic E-state index is -2.53. The van der Waals surface area contributed by atoms with Crippen molar-refractivity contribution in [2.75, 3.05) is 25.1 Å². The molecular formula is C13H19O3P. The zero-order valence-electron chi connectivity index (χ0n) is 10.1. The van der Waals surface area contributed by atoms with Gasteiger partial charge in [-0.1, -0.05) is 18.1 Å². The number of carbonyl (C=O) groups is 1. The van der Waals surface area contributed by atoms with Crippen molar-refractivity contribution in [3.05, 3.63) is 25.3 Å². The Hall–Kier alpha value is -1.26. The molecule has 17 heavy (non-hydrogen) atoms. The quantitative estimate of drug-likeness (QED) is 0.275. The number of terminal acetylenes is 1. The maximum absolute atomic E-state index is 12.5. The molecule has 0 aliphatic rings. The third kappa shape index (κ3) is 7.60. The van der Waals surface area contributed by atoms with Crippen LogP contribution in [0.25, 0.3) is 0 Å². The first-order valence-electron chi connectivity index (χ1n) is 5.46. The predicted octanol–water partition coefficient (Wildman–Crippen LogP) is 2.68. The summed E-state index contributed by atoms with van der Waals surface area (Å²) in [5, 5.41) is 0. The van der Waals surface area contributed by atoms with Crippen molar-refractivity contribution < 1.29 is 14.1 Å². The molecule has 0 fully saturated rings. The summed E-state index contributed by atoms with van der Waals surface area (Å²) in [6, 6.07) is 0. The summed E-state index contributed by atoms with van der Waals surface area (Å²) < 4.78 is 17.2. The Kier molecular flexibility index (Phi) is 8.19. The predicted molar refractivity (Wildman–Crippen MR) is 71.6 cm³/mol. The molecular weight excluding hydrogens is 235 g/mol. The van der Waals surface area contributed by atoms with E-state index >= 15 is 0 Å². The topological polar surface area (TPSA) is 43.4 Å². The Morgan fingerprint density at radius 3 is 2.24 bits per heavy atom. The highest BCUT2D eigenvalue weighted by molar-refractivity contribution is 7.64. The van der Waals surface area contributed by atoms with Crippen molar-refractivity contribution in [3.63, 3.8) is 0 Å². The molecule has 0 unspecified atom stereocenters. The molecule has 0 aromatic carbocycles. The molecule has 0 saturated carbocycles. The number of hydrogen-bond donors (Lipinski definition) is 0. The molecule has 0 N–H and O–H groups in total. The van der Waals surface area contributed by atoms with Gasteiger partial charge in [0.05, 0.1) is 13.3 Å². The molecule has 0 aliphatic carbocycles. The molecule has 3 nitrogen and oxygen atoms in total. The molecule has 4 heteroatoms. The molecule has 0 aromatic rings. The lowest BCUT2D eigenvalue weighted by atomic mass is 10.5. The van der Waals surface area contributed by atoms with Crippen LogP contribution in [-0.4, -0.2) is 31.1 Å². The van der Waals surface area contributed by atoms with Gasteiger partial charge in [-0.05, 0) is 12.8 Å². The number of hydrogen-bond acceptors (Lipinski definition) is 3. The van der Waals surface area contributed by atoms with E-state index in [0.29, 0.717) is 25.2 Å². The highest BCUT2D eigenvalue weighted by atomic mass is 31.2. The van der Waals surface area contributed by atoms with Gasteiger partial charge in [-0.2, -0.15) is 0 Å². The van der Waals surface area contributed by atoms with Crippen molar-refractivity contribution >= 4 is 13.1 Å². The molecule has 0 radical (unpaired) electrons. The number of esters is 1. The van der Waals surface area contributed by atoms with Gasteiger partial charge >= 0.3 is 5.97 Å². The molecule has 0 aliphatic heterocycles. The molecule has 0 bridgehead atoms. The zero-order valence-corrected chi connectivity index (χ0v) is 11.0. The van der Waals surface area contributed by atoms with Crippen LogP contribution in [0.4, 0.5) is 0 Å². The Morgan fingerprint density at radius 1 is 1.29 bits per heavy atom. The molecule has 0 aromatic heterocycles. The van der Waals surface area contributed by atoms with Gasteiger partial charge in [-0.15, -0.1) is 19.6 Å². The van der Waals surface area contributed by atoms with E-state index in [4.69, 9.17) is 11.2 Å². The van der Waals surface area contributed by atoms with Gasteiger partial charge in [0.2, 0.25) is 0 Å². The van der Waals surface area contributed by atoms with Crippen LogP contribution >= 0.6 is 7.14 Å². The van der Waals surface area contributed by atoms with E-state index in [-0.39, 0.29) is 12.8 Å². The summed E-state index contributed by atoms with van der Waals surface area (Å²) in [7, 11) is -2.53. The molecule has 0 rings (SSSR count). The Balaban J connectivity index is 4.41. The number of allylic oxidation sites excluding steroid dienone is 2. The smallest absolute Gasteiger partial charge is 0.314 e. The van der Waals surface area contributed by atoms with Crippen molar-refractivity contribution in [1.29, 1.82) is 0 Å². The van der Waals surface area contributed by atoms with Crippen molar-refractivity contribution in [3.8, 4) is 12.3 Å². The van der Waals surface area contributed by atoms with E-state index < -0.39 is 13.1 Å². The fraction of sp³-hybridized carbons (Fsp3) is 0.462. The second-order valence-corrected chi connectivity index (χ2v) is 7.01.